The smallest absolute Gasteiger partial charge is 0.265 e. The number of rotatable bonds is 5. The molecule has 5 heteroatoms. The summed E-state index contributed by atoms with van der Waals surface area (Å²) in [5.74, 6) is -0.174. The minimum Gasteiger partial charge on any atom is -0.481 e. The molecule has 1 N–H and O–H groups in total. The number of anilines is 1. The molecule has 0 aliphatic heterocycles. The highest BCUT2D eigenvalue weighted by Gasteiger charge is 2.18. The van der Waals surface area contributed by atoms with Crippen molar-refractivity contribution < 1.29 is 13.9 Å². The third-order valence-corrected chi connectivity index (χ3v) is 3.08. The minimum atomic E-state index is -0.658. The van der Waals surface area contributed by atoms with E-state index >= 15 is 0 Å². The number of benzene rings is 2. The van der Waals surface area contributed by atoms with E-state index in [9.17, 15) is 9.18 Å². The van der Waals surface area contributed by atoms with Gasteiger partial charge in [0.05, 0.1) is 0 Å². The zero-order valence-electron chi connectivity index (χ0n) is 11.5. The van der Waals surface area contributed by atoms with Crippen LogP contribution in [-0.4, -0.2) is 12.0 Å². The van der Waals surface area contributed by atoms with E-state index in [0.29, 0.717) is 22.9 Å². The lowest BCUT2D eigenvalue weighted by atomic mass is 10.2. The largest absolute Gasteiger partial charge is 0.481 e. The molecule has 0 aromatic heterocycles. The fourth-order valence-electron chi connectivity index (χ4n) is 1.79. The molecule has 1 amide bonds. The van der Waals surface area contributed by atoms with Gasteiger partial charge in [-0.05, 0) is 48.9 Å². The molecule has 3 nitrogen and oxygen atoms in total. The van der Waals surface area contributed by atoms with E-state index in [1.165, 1.54) is 24.3 Å². The summed E-state index contributed by atoms with van der Waals surface area (Å²) in [6, 6.07) is 12.4. The highest BCUT2D eigenvalue weighted by Crippen LogP contribution is 2.18. The summed E-state index contributed by atoms with van der Waals surface area (Å²) >= 11 is 5.87. The Morgan fingerprint density at radius 1 is 1.29 bits per heavy atom. The molecule has 2 rings (SSSR count). The van der Waals surface area contributed by atoms with Gasteiger partial charge in [-0.25, -0.2) is 4.39 Å². The van der Waals surface area contributed by atoms with Crippen LogP contribution >= 0.6 is 11.6 Å². The van der Waals surface area contributed by atoms with Crippen molar-refractivity contribution in [2.45, 2.75) is 19.4 Å². The second-order valence-corrected chi connectivity index (χ2v) is 4.90. The first-order chi connectivity index (χ1) is 10.1. The van der Waals surface area contributed by atoms with Crippen molar-refractivity contribution >= 4 is 23.2 Å². The number of amides is 1. The lowest BCUT2D eigenvalue weighted by molar-refractivity contribution is -0.122. The van der Waals surface area contributed by atoms with Crippen LogP contribution in [0, 0.1) is 5.82 Å². The van der Waals surface area contributed by atoms with Crippen molar-refractivity contribution in [2.75, 3.05) is 5.32 Å². The van der Waals surface area contributed by atoms with E-state index in [0.717, 1.165) is 0 Å². The highest BCUT2D eigenvalue weighted by atomic mass is 35.5. The Morgan fingerprint density at radius 2 is 2.00 bits per heavy atom. The highest BCUT2D eigenvalue weighted by molar-refractivity contribution is 6.30. The number of halogens is 2. The van der Waals surface area contributed by atoms with E-state index in [2.05, 4.69) is 5.32 Å². The molecule has 2 aromatic rings. The van der Waals surface area contributed by atoms with Crippen LogP contribution < -0.4 is 10.1 Å². The van der Waals surface area contributed by atoms with Gasteiger partial charge in [0.1, 0.15) is 11.6 Å². The van der Waals surface area contributed by atoms with Crippen molar-refractivity contribution in [2.24, 2.45) is 0 Å². The first-order valence-electron chi connectivity index (χ1n) is 6.57. The topological polar surface area (TPSA) is 38.3 Å². The van der Waals surface area contributed by atoms with Gasteiger partial charge in [-0.3, -0.25) is 4.79 Å². The summed E-state index contributed by atoms with van der Waals surface area (Å²) in [4.78, 5) is 12.2. The third kappa shape index (κ3) is 4.46. The zero-order chi connectivity index (χ0) is 15.2. The number of carbonyl (C=O) groups excluding carboxylic acids is 1. The van der Waals surface area contributed by atoms with Crippen molar-refractivity contribution in [1.82, 2.24) is 0 Å². The van der Waals surface area contributed by atoms with E-state index in [-0.39, 0.29) is 11.7 Å². The zero-order valence-corrected chi connectivity index (χ0v) is 12.2. The molecule has 0 aliphatic rings. The van der Waals surface area contributed by atoms with Crippen LogP contribution in [0.1, 0.15) is 13.3 Å². The van der Waals surface area contributed by atoms with Gasteiger partial charge in [-0.2, -0.15) is 0 Å². The van der Waals surface area contributed by atoms with Crippen LogP contribution in [-0.2, 0) is 4.79 Å². The van der Waals surface area contributed by atoms with E-state index < -0.39 is 6.10 Å². The Hall–Kier alpha value is -2.07. The lowest BCUT2D eigenvalue weighted by Crippen LogP contribution is -2.32. The maximum atomic E-state index is 12.8. The Morgan fingerprint density at radius 3 is 2.62 bits per heavy atom. The van der Waals surface area contributed by atoms with Crippen molar-refractivity contribution in [3.8, 4) is 5.75 Å². The molecule has 0 fully saturated rings. The van der Waals surface area contributed by atoms with Crippen LogP contribution in [0.25, 0.3) is 0 Å². The van der Waals surface area contributed by atoms with Gasteiger partial charge in [-0.15, -0.1) is 0 Å². The molecule has 0 radical (unpaired) electrons. The van der Waals surface area contributed by atoms with Crippen LogP contribution in [0.4, 0.5) is 10.1 Å². The number of ether oxygens (including phenoxy) is 1. The maximum absolute atomic E-state index is 12.8. The lowest BCUT2D eigenvalue weighted by Gasteiger charge is -2.17. The Labute approximate surface area is 127 Å². The van der Waals surface area contributed by atoms with Gasteiger partial charge in [0, 0.05) is 10.7 Å². The van der Waals surface area contributed by atoms with Gasteiger partial charge in [0.2, 0.25) is 0 Å². The standard InChI is InChI=1S/C16H15ClFNO2/c1-2-15(21-14-8-6-12(18)7-9-14)16(20)19-13-5-3-4-11(17)10-13/h3-10,15H,2H2,1H3,(H,19,20)/t15-/m0/s1. The van der Waals surface area contributed by atoms with Gasteiger partial charge < -0.3 is 10.1 Å². The predicted octanol–water partition coefficient (Wildman–Crippen LogP) is 4.28. The molecule has 21 heavy (non-hydrogen) atoms. The van der Waals surface area contributed by atoms with Crippen LogP contribution in [0.5, 0.6) is 5.75 Å². The predicted molar refractivity (Wildman–Crippen MR) is 81.2 cm³/mol. The van der Waals surface area contributed by atoms with Crippen LogP contribution in [0.2, 0.25) is 5.02 Å². The van der Waals surface area contributed by atoms with Gasteiger partial charge in [-0.1, -0.05) is 24.6 Å². The average molecular weight is 308 g/mol. The Balaban J connectivity index is 2.03. The first-order valence-corrected chi connectivity index (χ1v) is 6.95. The molecule has 0 unspecified atom stereocenters. The van der Waals surface area contributed by atoms with Gasteiger partial charge >= 0.3 is 0 Å². The maximum Gasteiger partial charge on any atom is 0.265 e. The molecule has 110 valence electrons. The number of hydrogen-bond donors (Lipinski definition) is 1. The second kappa shape index (κ2) is 7.09. The molecule has 0 aliphatic carbocycles. The van der Waals surface area contributed by atoms with Crippen molar-refractivity contribution in [3.05, 3.63) is 59.4 Å². The van der Waals surface area contributed by atoms with E-state index in [1.807, 2.05) is 6.92 Å². The molecule has 1 atom stereocenters. The first kappa shape index (κ1) is 15.3. The molecule has 2 aromatic carbocycles. The molecule has 0 bridgehead atoms. The SMILES string of the molecule is CC[C@H](Oc1ccc(F)cc1)C(=O)Nc1cccc(Cl)c1. The summed E-state index contributed by atoms with van der Waals surface area (Å²) in [6.45, 7) is 1.84. The molecule has 0 saturated heterocycles. The van der Waals surface area contributed by atoms with E-state index in [4.69, 9.17) is 16.3 Å². The summed E-state index contributed by atoms with van der Waals surface area (Å²) in [5, 5.41) is 3.28. The number of carbonyl (C=O) groups is 1. The second-order valence-electron chi connectivity index (χ2n) is 4.47. The molecule has 0 saturated carbocycles. The molecular weight excluding hydrogens is 293 g/mol. The quantitative estimate of drug-likeness (QED) is 0.895. The summed E-state index contributed by atoms with van der Waals surface area (Å²) in [6.07, 6.45) is -0.168. The van der Waals surface area contributed by atoms with Crippen LogP contribution in [0.3, 0.4) is 0 Å². The average Bonchev–Trinajstić information content (AvgIpc) is 2.46. The minimum absolute atomic E-state index is 0.274. The van der Waals surface area contributed by atoms with Gasteiger partial charge in [0.15, 0.2) is 6.10 Å². The monoisotopic (exact) mass is 307 g/mol. The van der Waals surface area contributed by atoms with Crippen molar-refractivity contribution in [1.29, 1.82) is 0 Å². The van der Waals surface area contributed by atoms with Crippen molar-refractivity contribution in [3.63, 3.8) is 0 Å². The Kier molecular flexibility index (Phi) is 5.17. The summed E-state index contributed by atoms with van der Waals surface area (Å²) in [5.41, 5.74) is 0.605. The summed E-state index contributed by atoms with van der Waals surface area (Å²) in [7, 11) is 0. The fraction of sp³-hybridized carbons (Fsp3) is 0.188. The van der Waals surface area contributed by atoms with Gasteiger partial charge in [0.25, 0.3) is 5.91 Å². The molecule has 0 spiro atoms. The number of hydrogen-bond acceptors (Lipinski definition) is 2. The third-order valence-electron chi connectivity index (χ3n) is 2.85. The Bertz CT molecular complexity index is 616. The fourth-order valence-corrected chi connectivity index (χ4v) is 1.98. The normalized spacial score (nSPS) is 11.8. The summed E-state index contributed by atoms with van der Waals surface area (Å²) < 4.78 is 18.4. The molecule has 0 heterocycles. The van der Waals surface area contributed by atoms with E-state index in [1.54, 1.807) is 24.3 Å². The number of nitrogens with one attached hydrogen (secondary N) is 1. The van der Waals surface area contributed by atoms with Crippen LogP contribution in [0.15, 0.2) is 48.5 Å². The molecular formula is C16H15ClFNO2.